The zero-order chi connectivity index (χ0) is 42.4. The monoisotopic (exact) mass is 804 g/mol. The molecule has 4 saturated heterocycles. The van der Waals surface area contributed by atoms with Crippen molar-refractivity contribution in [3.8, 4) is 0 Å². The molecule has 4 radical (unpaired) electrons. The lowest BCUT2D eigenvalue weighted by Gasteiger charge is -2.57. The number of aliphatic hydroxyl groups is 1. The molecule has 318 valence electrons. The summed E-state index contributed by atoms with van der Waals surface area (Å²) in [5.41, 5.74) is -5.46. The summed E-state index contributed by atoms with van der Waals surface area (Å²) in [5.74, 6) is 1.37. The summed E-state index contributed by atoms with van der Waals surface area (Å²) >= 11 is 1.37. The van der Waals surface area contributed by atoms with Crippen LogP contribution in [0.3, 0.4) is 0 Å². The van der Waals surface area contributed by atoms with Gasteiger partial charge < -0.3 is 14.9 Å². The first-order valence-electron chi connectivity index (χ1n) is 20.7. The quantitative estimate of drug-likeness (QED) is 0.256. The first-order chi connectivity index (χ1) is 25.3. The average Bonchev–Trinajstić information content (AvgIpc) is 3.02. The smallest absolute Gasteiger partial charge is 0.231 e. The molecule has 0 saturated carbocycles. The summed E-state index contributed by atoms with van der Waals surface area (Å²) in [7, 11) is 0. The molecular weight excluding hydrogens is 731 g/mol. The molecule has 0 bridgehead atoms. The maximum atomic E-state index is 13.7. The van der Waals surface area contributed by atoms with E-state index in [-0.39, 0.29) is 30.8 Å². The van der Waals surface area contributed by atoms with Crippen LogP contribution in [0.15, 0.2) is 5.16 Å². The molecule has 0 spiro atoms. The average molecular weight is 804 g/mol. The van der Waals surface area contributed by atoms with Gasteiger partial charge in [-0.1, -0.05) is 11.8 Å². The van der Waals surface area contributed by atoms with Crippen LogP contribution in [0.2, 0.25) is 0 Å². The normalized spacial score (nSPS) is 28.7. The molecule has 0 unspecified atom stereocenters. The van der Waals surface area contributed by atoms with Gasteiger partial charge in [-0.3, -0.25) is 0 Å². The van der Waals surface area contributed by atoms with Gasteiger partial charge in [-0.15, -0.1) is 41.1 Å². The highest BCUT2D eigenvalue weighted by Gasteiger charge is 2.56. The van der Waals surface area contributed by atoms with E-state index < -0.39 is 44.3 Å². The van der Waals surface area contributed by atoms with E-state index in [9.17, 15) is 25.9 Å². The summed E-state index contributed by atoms with van der Waals surface area (Å²) in [4.78, 5) is 20.5. The minimum atomic E-state index is -0.682. The van der Waals surface area contributed by atoms with E-state index in [1.54, 1.807) is 0 Å². The highest BCUT2D eigenvalue weighted by atomic mass is 32.2. The van der Waals surface area contributed by atoms with Gasteiger partial charge in [-0.25, -0.2) is 0 Å². The molecule has 5 heterocycles. The number of thioether (sulfide) groups is 1. The SMILES string of the molecule is CC1(C)CC(N(c2nc(SCCO)nc(N(C3CC(C)(C)N([O])C(C)(C)C3)C3CC(C)(C)N([O])C(C)(C)C3)n2)C2CC(C)(C)N([O])C(C)(C)C2)CC(C)(C)N1[O]. The Morgan fingerprint density at radius 1 is 0.464 bits per heavy atom. The first kappa shape index (κ1) is 45.7. The maximum absolute atomic E-state index is 13.7. The lowest BCUT2D eigenvalue weighted by molar-refractivity contribution is -0.294. The molecule has 4 aliphatic rings. The van der Waals surface area contributed by atoms with Crippen LogP contribution in [0.4, 0.5) is 11.9 Å². The van der Waals surface area contributed by atoms with Crippen molar-refractivity contribution in [2.45, 2.75) is 236 Å². The highest BCUT2D eigenvalue weighted by molar-refractivity contribution is 7.99. The van der Waals surface area contributed by atoms with Crippen LogP contribution < -0.4 is 9.80 Å². The number of nitrogens with zero attached hydrogens (tertiary/aromatic N) is 9. The molecule has 5 rings (SSSR count). The van der Waals surface area contributed by atoms with Gasteiger partial charge in [0.1, 0.15) is 0 Å². The van der Waals surface area contributed by atoms with Gasteiger partial charge in [0.05, 0.1) is 6.61 Å². The van der Waals surface area contributed by atoms with Crippen LogP contribution >= 0.6 is 11.8 Å². The van der Waals surface area contributed by atoms with Crippen molar-refractivity contribution in [1.29, 1.82) is 0 Å². The first-order valence-corrected chi connectivity index (χ1v) is 21.7. The van der Waals surface area contributed by atoms with Crippen molar-refractivity contribution in [2.75, 3.05) is 22.2 Å². The Labute approximate surface area is 341 Å². The van der Waals surface area contributed by atoms with E-state index in [4.69, 9.17) is 15.0 Å². The number of piperidine rings is 4. The fourth-order valence-electron chi connectivity index (χ4n) is 11.6. The van der Waals surface area contributed by atoms with Gasteiger partial charge in [0.15, 0.2) is 5.16 Å². The number of aromatic nitrogens is 3. The fraction of sp³-hybridized carbons (Fsp3) is 0.927. The maximum Gasteiger partial charge on any atom is 0.231 e. The van der Waals surface area contributed by atoms with Crippen LogP contribution in [-0.2, 0) is 20.8 Å². The second kappa shape index (κ2) is 14.9. The van der Waals surface area contributed by atoms with E-state index in [0.29, 0.717) is 74.2 Å². The lowest BCUT2D eigenvalue weighted by atomic mass is 9.74. The Balaban J connectivity index is 1.77. The zero-order valence-electron chi connectivity index (χ0n) is 37.4. The van der Waals surface area contributed by atoms with Gasteiger partial charge in [-0.2, -0.15) is 15.0 Å². The molecule has 14 nitrogen and oxygen atoms in total. The Bertz CT molecular complexity index is 1310. The summed E-state index contributed by atoms with van der Waals surface area (Å²) in [6, 6.07) is -0.546. The molecule has 1 N–H and O–H groups in total. The van der Waals surface area contributed by atoms with Crippen molar-refractivity contribution in [3.05, 3.63) is 0 Å². The summed E-state index contributed by atoms with van der Waals surface area (Å²) < 4.78 is 0. The second-order valence-corrected chi connectivity index (χ2v) is 23.6. The predicted molar refractivity (Wildman–Crippen MR) is 217 cm³/mol. The molecule has 1 aromatic rings. The van der Waals surface area contributed by atoms with Gasteiger partial charge >= 0.3 is 0 Å². The van der Waals surface area contributed by atoms with E-state index in [1.165, 1.54) is 32.0 Å². The largest absolute Gasteiger partial charge is 0.396 e. The lowest BCUT2D eigenvalue weighted by Crippen LogP contribution is -2.68. The second-order valence-electron chi connectivity index (χ2n) is 22.5. The van der Waals surface area contributed by atoms with Gasteiger partial charge in [0, 0.05) is 74.2 Å². The summed E-state index contributed by atoms with van der Waals surface area (Å²) in [5, 5.41) is 70.4. The third-order valence-corrected chi connectivity index (χ3v) is 14.1. The Morgan fingerprint density at radius 3 is 0.875 bits per heavy atom. The number of anilines is 2. The number of hydrogen-bond donors (Lipinski definition) is 1. The minimum absolute atomic E-state index is 0.0577. The Hall–Kier alpha value is -1.40. The molecule has 15 heteroatoms. The molecule has 56 heavy (non-hydrogen) atoms. The number of hydrogen-bond acceptors (Lipinski definition) is 11. The third kappa shape index (κ3) is 8.74. The van der Waals surface area contributed by atoms with E-state index >= 15 is 0 Å². The standard InChI is InChI=1S/C41H73N9O5S/c1-34(2)19-27(20-35(3,4)47(34)52)45(28-21-36(5,6)48(53)37(7,8)22-28)31-42-32(44-33(43-31)56-18-17-51)46(29-23-38(9,10)49(54)39(11,12)24-29)30-25-40(13,14)50(55)41(15,16)26-30/h27-30,51H,17-26H2,1-16H3. The number of rotatable bonds is 9. The van der Waals surface area contributed by atoms with Gasteiger partial charge in [-0.05, 0) is 162 Å². The Morgan fingerprint density at radius 2 is 0.679 bits per heavy atom. The summed E-state index contributed by atoms with van der Waals surface area (Å²) in [6.07, 6.45) is 4.53. The van der Waals surface area contributed by atoms with Gasteiger partial charge in [0.2, 0.25) is 11.9 Å². The fourth-order valence-corrected chi connectivity index (χ4v) is 12.2. The summed E-state index contributed by atoms with van der Waals surface area (Å²) in [6.45, 7) is 32.0. The van der Waals surface area contributed by atoms with Crippen LogP contribution in [-0.4, -0.2) is 121 Å². The van der Waals surface area contributed by atoms with Crippen molar-refractivity contribution < 1.29 is 25.9 Å². The van der Waals surface area contributed by atoms with E-state index in [0.717, 1.165) is 0 Å². The molecule has 0 aliphatic carbocycles. The molecule has 4 fully saturated rings. The number of aliphatic hydroxyl groups excluding tert-OH is 1. The molecule has 0 amide bonds. The van der Waals surface area contributed by atoms with Crippen LogP contribution in [0.1, 0.15) is 162 Å². The molecular formula is C41H73N9O5S. The van der Waals surface area contributed by atoms with Crippen molar-refractivity contribution in [3.63, 3.8) is 0 Å². The molecule has 0 aromatic carbocycles. The third-order valence-electron chi connectivity index (χ3n) is 13.2. The van der Waals surface area contributed by atoms with Crippen molar-refractivity contribution in [1.82, 2.24) is 35.2 Å². The molecule has 0 atom stereocenters. The van der Waals surface area contributed by atoms with E-state index in [2.05, 4.69) is 9.80 Å². The molecule has 1 aromatic heterocycles. The zero-order valence-corrected chi connectivity index (χ0v) is 38.2. The van der Waals surface area contributed by atoms with Crippen LogP contribution in [0.25, 0.3) is 0 Å². The molecule has 4 aliphatic heterocycles. The number of hydroxylamine groups is 8. The van der Waals surface area contributed by atoms with Gasteiger partial charge in [0.25, 0.3) is 0 Å². The Kier molecular flexibility index (Phi) is 12.2. The van der Waals surface area contributed by atoms with Crippen molar-refractivity contribution >= 4 is 23.7 Å². The topological polar surface area (TPSA) is 158 Å². The van der Waals surface area contributed by atoms with E-state index in [1.807, 2.05) is 111 Å². The minimum Gasteiger partial charge on any atom is -0.396 e. The van der Waals surface area contributed by atoms with Crippen LogP contribution in [0.5, 0.6) is 0 Å². The van der Waals surface area contributed by atoms with Crippen molar-refractivity contribution in [2.24, 2.45) is 0 Å². The highest BCUT2D eigenvalue weighted by Crippen LogP contribution is 2.48. The van der Waals surface area contributed by atoms with Crippen LogP contribution in [0, 0.1) is 0 Å². The predicted octanol–water partition coefficient (Wildman–Crippen LogP) is 7.04.